The van der Waals surface area contributed by atoms with Gasteiger partial charge in [-0.15, -0.1) is 0 Å². The van der Waals surface area contributed by atoms with Gasteiger partial charge < -0.3 is 9.84 Å². The Bertz CT molecular complexity index is 718. The molecule has 1 aromatic carbocycles. The molecular weight excluding hydrogens is 314 g/mol. The molecule has 2 aromatic rings. The number of aromatic nitrogens is 2. The van der Waals surface area contributed by atoms with Gasteiger partial charge in [0.15, 0.2) is 0 Å². The highest BCUT2D eigenvalue weighted by atomic mass is 16.5. The summed E-state index contributed by atoms with van der Waals surface area (Å²) < 4.78 is 7.43. The number of hydrogen-bond donors (Lipinski definition) is 1. The van der Waals surface area contributed by atoms with Crippen LogP contribution >= 0.6 is 0 Å². The minimum Gasteiger partial charge on any atom is -0.497 e. The fraction of sp³-hybridized carbons (Fsp3) is 0.550. The van der Waals surface area contributed by atoms with E-state index < -0.39 is 0 Å². The first-order chi connectivity index (χ1) is 11.9. The number of hydrogen-bond acceptors (Lipinski definition) is 4. The molecule has 1 atom stereocenters. The third-order valence-electron chi connectivity index (χ3n) is 4.84. The minimum absolute atomic E-state index is 0.0650. The largest absolute Gasteiger partial charge is 0.497 e. The Labute approximate surface area is 150 Å². The summed E-state index contributed by atoms with van der Waals surface area (Å²) in [5.74, 6) is 1.24. The summed E-state index contributed by atoms with van der Waals surface area (Å²) in [6, 6.07) is 8.09. The van der Waals surface area contributed by atoms with Gasteiger partial charge in [0.05, 0.1) is 18.3 Å². The molecule has 1 aliphatic rings. The molecule has 0 radical (unpaired) electrons. The monoisotopic (exact) mass is 343 g/mol. The van der Waals surface area contributed by atoms with E-state index in [1.54, 1.807) is 7.11 Å². The number of aliphatic hydroxyl groups excluding tert-OH is 1. The van der Waals surface area contributed by atoms with E-state index in [-0.39, 0.29) is 12.1 Å². The first kappa shape index (κ1) is 18.0. The molecule has 1 aromatic heterocycles. The van der Waals surface area contributed by atoms with E-state index in [9.17, 15) is 5.11 Å². The van der Waals surface area contributed by atoms with E-state index in [4.69, 9.17) is 9.84 Å². The van der Waals surface area contributed by atoms with Gasteiger partial charge >= 0.3 is 0 Å². The van der Waals surface area contributed by atoms with E-state index in [0.29, 0.717) is 5.92 Å². The van der Waals surface area contributed by atoms with Crippen molar-refractivity contribution in [3.05, 3.63) is 36.0 Å². The predicted molar refractivity (Wildman–Crippen MR) is 99.7 cm³/mol. The lowest BCUT2D eigenvalue weighted by Gasteiger charge is -2.19. The maximum atomic E-state index is 9.39. The quantitative estimate of drug-likeness (QED) is 0.906. The second-order valence-electron chi connectivity index (χ2n) is 7.92. The van der Waals surface area contributed by atoms with Gasteiger partial charge in [-0.05, 0) is 51.8 Å². The SMILES string of the molecule is COc1cccc(-c2nn(C(C)(C)C)cc2CN2CCC(CO)C2)c1. The van der Waals surface area contributed by atoms with Crippen molar-refractivity contribution in [2.45, 2.75) is 39.3 Å². The zero-order chi connectivity index (χ0) is 18.0. The Kier molecular flexibility index (Phi) is 5.16. The Morgan fingerprint density at radius 2 is 2.12 bits per heavy atom. The van der Waals surface area contributed by atoms with Crippen LogP contribution in [-0.4, -0.2) is 46.6 Å². The third-order valence-corrected chi connectivity index (χ3v) is 4.84. The third kappa shape index (κ3) is 4.05. The topological polar surface area (TPSA) is 50.5 Å². The first-order valence-corrected chi connectivity index (χ1v) is 8.97. The predicted octanol–water partition coefficient (Wildman–Crippen LogP) is 3.13. The molecule has 0 saturated carbocycles. The summed E-state index contributed by atoms with van der Waals surface area (Å²) >= 11 is 0. The zero-order valence-corrected chi connectivity index (χ0v) is 15.7. The van der Waals surface area contributed by atoms with Crippen molar-refractivity contribution in [3.63, 3.8) is 0 Å². The van der Waals surface area contributed by atoms with Crippen molar-refractivity contribution in [2.24, 2.45) is 5.92 Å². The fourth-order valence-corrected chi connectivity index (χ4v) is 3.33. The number of benzene rings is 1. The molecule has 0 aliphatic carbocycles. The number of rotatable bonds is 5. The molecule has 25 heavy (non-hydrogen) atoms. The average molecular weight is 343 g/mol. The summed E-state index contributed by atoms with van der Waals surface area (Å²) in [7, 11) is 1.69. The average Bonchev–Trinajstić information content (AvgIpc) is 3.22. The van der Waals surface area contributed by atoms with Gasteiger partial charge in [0.25, 0.3) is 0 Å². The maximum Gasteiger partial charge on any atom is 0.119 e. The van der Waals surface area contributed by atoms with Crippen LogP contribution in [0.2, 0.25) is 0 Å². The van der Waals surface area contributed by atoms with Gasteiger partial charge in [0.1, 0.15) is 5.75 Å². The molecule has 5 nitrogen and oxygen atoms in total. The lowest BCUT2D eigenvalue weighted by atomic mass is 10.1. The molecule has 136 valence electrons. The highest BCUT2D eigenvalue weighted by Gasteiger charge is 2.25. The molecule has 5 heteroatoms. The molecule has 0 amide bonds. The molecule has 1 fully saturated rings. The Morgan fingerprint density at radius 1 is 1.32 bits per heavy atom. The second kappa shape index (κ2) is 7.18. The number of methoxy groups -OCH3 is 1. The van der Waals surface area contributed by atoms with Gasteiger partial charge in [-0.1, -0.05) is 12.1 Å². The van der Waals surface area contributed by atoms with Crippen LogP contribution in [0.25, 0.3) is 11.3 Å². The molecule has 1 N–H and O–H groups in total. The summed E-state index contributed by atoms with van der Waals surface area (Å²) in [5.41, 5.74) is 3.25. The minimum atomic E-state index is -0.0650. The van der Waals surface area contributed by atoms with Gasteiger partial charge in [-0.3, -0.25) is 9.58 Å². The molecular formula is C20H29N3O2. The lowest BCUT2D eigenvalue weighted by molar-refractivity contribution is 0.220. The first-order valence-electron chi connectivity index (χ1n) is 8.97. The number of ether oxygens (including phenoxy) is 1. The van der Waals surface area contributed by atoms with Crippen molar-refractivity contribution in [1.29, 1.82) is 0 Å². The van der Waals surface area contributed by atoms with E-state index in [2.05, 4.69) is 42.6 Å². The summed E-state index contributed by atoms with van der Waals surface area (Å²) in [4.78, 5) is 2.41. The van der Waals surface area contributed by atoms with E-state index in [0.717, 1.165) is 43.1 Å². The van der Waals surface area contributed by atoms with Crippen LogP contribution in [0.1, 0.15) is 32.8 Å². The zero-order valence-electron chi connectivity index (χ0n) is 15.7. The molecule has 1 unspecified atom stereocenters. The van der Waals surface area contributed by atoms with Crippen LogP contribution in [0.3, 0.4) is 0 Å². The van der Waals surface area contributed by atoms with Crippen molar-refractivity contribution in [1.82, 2.24) is 14.7 Å². The normalized spacial score (nSPS) is 18.7. The van der Waals surface area contributed by atoms with Crippen LogP contribution in [0.5, 0.6) is 5.75 Å². The van der Waals surface area contributed by atoms with Crippen LogP contribution in [0.15, 0.2) is 30.5 Å². The smallest absolute Gasteiger partial charge is 0.119 e. The Balaban J connectivity index is 1.94. The molecule has 0 bridgehead atoms. The fourth-order valence-electron chi connectivity index (χ4n) is 3.33. The van der Waals surface area contributed by atoms with E-state index >= 15 is 0 Å². The summed E-state index contributed by atoms with van der Waals surface area (Å²) in [6.07, 6.45) is 3.24. The van der Waals surface area contributed by atoms with E-state index in [1.165, 1.54) is 5.56 Å². The molecule has 0 spiro atoms. The summed E-state index contributed by atoms with van der Waals surface area (Å²) in [5, 5.41) is 14.3. The van der Waals surface area contributed by atoms with Crippen LogP contribution < -0.4 is 4.74 Å². The summed E-state index contributed by atoms with van der Waals surface area (Å²) in [6.45, 7) is 9.61. The molecule has 2 heterocycles. The highest BCUT2D eigenvalue weighted by molar-refractivity contribution is 5.64. The van der Waals surface area contributed by atoms with Crippen LogP contribution in [-0.2, 0) is 12.1 Å². The Morgan fingerprint density at radius 3 is 2.76 bits per heavy atom. The Hall–Kier alpha value is -1.85. The van der Waals surface area contributed by atoms with Crippen molar-refractivity contribution >= 4 is 0 Å². The standard InChI is InChI=1S/C20H29N3O2/c1-20(2,3)23-13-17(12-22-9-8-15(11-22)14-24)19(21-23)16-6-5-7-18(10-16)25-4/h5-7,10,13,15,24H,8-9,11-12,14H2,1-4H3. The van der Waals surface area contributed by atoms with Gasteiger partial charge in [-0.2, -0.15) is 5.10 Å². The van der Waals surface area contributed by atoms with Crippen molar-refractivity contribution in [3.8, 4) is 17.0 Å². The number of nitrogens with zero attached hydrogens (tertiary/aromatic N) is 3. The van der Waals surface area contributed by atoms with E-state index in [1.807, 2.05) is 18.2 Å². The maximum absolute atomic E-state index is 9.39. The van der Waals surface area contributed by atoms with Crippen molar-refractivity contribution < 1.29 is 9.84 Å². The van der Waals surface area contributed by atoms with Gasteiger partial charge in [0, 0.05) is 37.0 Å². The van der Waals surface area contributed by atoms with Crippen LogP contribution in [0, 0.1) is 5.92 Å². The molecule has 3 rings (SSSR count). The van der Waals surface area contributed by atoms with Gasteiger partial charge in [-0.25, -0.2) is 0 Å². The van der Waals surface area contributed by atoms with Gasteiger partial charge in [0.2, 0.25) is 0 Å². The number of likely N-dealkylation sites (tertiary alicyclic amines) is 1. The van der Waals surface area contributed by atoms with Crippen molar-refractivity contribution in [2.75, 3.05) is 26.8 Å². The highest BCUT2D eigenvalue weighted by Crippen LogP contribution is 2.30. The second-order valence-corrected chi connectivity index (χ2v) is 7.92. The molecule has 1 saturated heterocycles. The lowest BCUT2D eigenvalue weighted by Crippen LogP contribution is -2.22. The number of aliphatic hydroxyl groups is 1. The molecule has 1 aliphatic heterocycles. The van der Waals surface area contributed by atoms with Crippen LogP contribution in [0.4, 0.5) is 0 Å².